The van der Waals surface area contributed by atoms with E-state index in [0.29, 0.717) is 37.1 Å². The van der Waals surface area contributed by atoms with E-state index in [-0.39, 0.29) is 23.1 Å². The lowest BCUT2D eigenvalue weighted by molar-refractivity contribution is -0.151. The Morgan fingerprint density at radius 2 is 1.71 bits per heavy atom. The fourth-order valence-electron chi connectivity index (χ4n) is 3.40. The number of aryl methyl sites for hydroxylation is 2. The van der Waals surface area contributed by atoms with Gasteiger partial charge in [0.25, 0.3) is 5.56 Å². The summed E-state index contributed by atoms with van der Waals surface area (Å²) in [6.45, 7) is 13.4. The Morgan fingerprint density at radius 3 is 2.29 bits per heavy atom. The predicted molar refractivity (Wildman–Crippen MR) is 113 cm³/mol. The minimum Gasteiger partial charge on any atom is -0.465 e. The zero-order valence-electron chi connectivity index (χ0n) is 18.5. The van der Waals surface area contributed by atoms with Crippen LogP contribution in [0, 0.1) is 24.7 Å². The van der Waals surface area contributed by atoms with Crippen LogP contribution in [-0.2, 0) is 22.6 Å². The molecule has 0 N–H and O–H groups in total. The Bertz CT molecular complexity index is 731. The van der Waals surface area contributed by atoms with Crippen molar-refractivity contribution in [3.05, 3.63) is 32.6 Å². The van der Waals surface area contributed by atoms with Crippen LogP contribution in [0.25, 0.3) is 0 Å². The number of aromatic nitrogens is 2. The van der Waals surface area contributed by atoms with Crippen molar-refractivity contribution in [1.29, 1.82) is 0 Å². The molecule has 28 heavy (non-hydrogen) atoms. The SMILES string of the molecule is CCn1c(=O)c(C)cn(CCCCCCOC(=O)C(CC(C)C)C(C)C)c1=O. The van der Waals surface area contributed by atoms with E-state index < -0.39 is 0 Å². The molecule has 1 heterocycles. The lowest BCUT2D eigenvalue weighted by Gasteiger charge is -2.21. The molecule has 0 spiro atoms. The zero-order chi connectivity index (χ0) is 21.3. The van der Waals surface area contributed by atoms with Crippen molar-refractivity contribution in [1.82, 2.24) is 9.13 Å². The largest absolute Gasteiger partial charge is 0.465 e. The van der Waals surface area contributed by atoms with Crippen molar-refractivity contribution in [3.8, 4) is 0 Å². The molecule has 0 aliphatic carbocycles. The van der Waals surface area contributed by atoms with Crippen LogP contribution in [0.3, 0.4) is 0 Å². The van der Waals surface area contributed by atoms with E-state index in [9.17, 15) is 14.4 Å². The quantitative estimate of drug-likeness (QED) is 0.400. The molecule has 0 saturated heterocycles. The van der Waals surface area contributed by atoms with Gasteiger partial charge in [-0.1, -0.05) is 34.1 Å². The van der Waals surface area contributed by atoms with E-state index in [2.05, 4.69) is 27.7 Å². The third kappa shape index (κ3) is 7.28. The highest BCUT2D eigenvalue weighted by atomic mass is 16.5. The highest BCUT2D eigenvalue weighted by Crippen LogP contribution is 2.21. The summed E-state index contributed by atoms with van der Waals surface area (Å²) >= 11 is 0. The summed E-state index contributed by atoms with van der Waals surface area (Å²) in [5, 5.41) is 0. The fraction of sp³-hybridized carbons (Fsp3) is 0.773. The Morgan fingerprint density at radius 1 is 1.07 bits per heavy atom. The minimum absolute atomic E-state index is 0.0237. The maximum absolute atomic E-state index is 12.3. The second kappa shape index (κ2) is 11.9. The molecule has 1 aromatic heterocycles. The average molecular weight is 395 g/mol. The minimum atomic E-state index is -0.239. The van der Waals surface area contributed by atoms with Gasteiger partial charge in [-0.25, -0.2) is 4.79 Å². The number of hydrogen-bond acceptors (Lipinski definition) is 4. The van der Waals surface area contributed by atoms with Gasteiger partial charge in [0.15, 0.2) is 0 Å². The van der Waals surface area contributed by atoms with Crippen LogP contribution in [0.5, 0.6) is 0 Å². The number of rotatable bonds is 12. The van der Waals surface area contributed by atoms with Crippen molar-refractivity contribution < 1.29 is 9.53 Å². The molecule has 0 bridgehead atoms. The molecule has 6 nitrogen and oxygen atoms in total. The number of ether oxygens (including phenoxy) is 1. The summed E-state index contributed by atoms with van der Waals surface area (Å²) in [5.74, 6) is 0.675. The molecule has 1 rings (SSSR count). The first-order valence-electron chi connectivity index (χ1n) is 10.7. The van der Waals surface area contributed by atoms with E-state index in [1.165, 1.54) is 4.57 Å². The number of unbranched alkanes of at least 4 members (excludes halogenated alkanes) is 3. The van der Waals surface area contributed by atoms with Crippen molar-refractivity contribution >= 4 is 5.97 Å². The first kappa shape index (κ1) is 24.2. The van der Waals surface area contributed by atoms with Gasteiger partial charge in [0.2, 0.25) is 0 Å². The van der Waals surface area contributed by atoms with Crippen LogP contribution in [-0.4, -0.2) is 21.7 Å². The average Bonchev–Trinajstić information content (AvgIpc) is 2.62. The molecule has 6 heteroatoms. The van der Waals surface area contributed by atoms with E-state index in [1.54, 1.807) is 24.6 Å². The molecular formula is C22H38N2O4. The van der Waals surface area contributed by atoms with Gasteiger partial charge in [-0.3, -0.25) is 14.2 Å². The summed E-state index contributed by atoms with van der Waals surface area (Å²) < 4.78 is 8.38. The van der Waals surface area contributed by atoms with Crippen LogP contribution in [0.15, 0.2) is 15.8 Å². The number of nitrogens with zero attached hydrogens (tertiary/aromatic N) is 2. The molecule has 0 saturated carbocycles. The third-order valence-corrected chi connectivity index (χ3v) is 5.10. The molecule has 1 aromatic rings. The van der Waals surface area contributed by atoms with Crippen molar-refractivity contribution in [2.24, 2.45) is 17.8 Å². The Hall–Kier alpha value is -1.85. The second-order valence-electron chi connectivity index (χ2n) is 8.40. The predicted octanol–water partition coefficient (Wildman–Crippen LogP) is 3.76. The fourth-order valence-corrected chi connectivity index (χ4v) is 3.40. The van der Waals surface area contributed by atoms with Gasteiger partial charge >= 0.3 is 11.7 Å². The van der Waals surface area contributed by atoms with Gasteiger partial charge in [0.05, 0.1) is 12.5 Å². The first-order chi connectivity index (χ1) is 13.2. The monoisotopic (exact) mass is 394 g/mol. The van der Waals surface area contributed by atoms with Crippen molar-refractivity contribution in [2.45, 2.75) is 86.7 Å². The Balaban J connectivity index is 2.36. The van der Waals surface area contributed by atoms with E-state index in [4.69, 9.17) is 4.74 Å². The highest BCUT2D eigenvalue weighted by molar-refractivity contribution is 5.72. The summed E-state index contributed by atoms with van der Waals surface area (Å²) in [6.07, 6.45) is 6.11. The Labute approximate surface area is 168 Å². The van der Waals surface area contributed by atoms with Crippen LogP contribution in [0.1, 0.15) is 72.3 Å². The van der Waals surface area contributed by atoms with Crippen LogP contribution < -0.4 is 11.2 Å². The first-order valence-corrected chi connectivity index (χ1v) is 10.7. The number of hydrogen-bond donors (Lipinski definition) is 0. The summed E-state index contributed by atoms with van der Waals surface area (Å²) in [4.78, 5) is 36.5. The van der Waals surface area contributed by atoms with Crippen molar-refractivity contribution in [3.63, 3.8) is 0 Å². The van der Waals surface area contributed by atoms with Crippen LogP contribution in [0.2, 0.25) is 0 Å². The number of esters is 1. The molecule has 1 unspecified atom stereocenters. The van der Waals surface area contributed by atoms with Gasteiger partial charge in [0.1, 0.15) is 0 Å². The van der Waals surface area contributed by atoms with Gasteiger partial charge in [-0.15, -0.1) is 0 Å². The van der Waals surface area contributed by atoms with Gasteiger partial charge in [-0.05, 0) is 51.4 Å². The standard InChI is InChI=1S/C22H38N2O4/c1-7-24-20(25)18(6)15-23(22(24)27)12-10-8-9-11-13-28-21(26)19(17(4)5)14-16(2)3/h15-17,19H,7-14H2,1-6H3. The van der Waals surface area contributed by atoms with Gasteiger partial charge in [-0.2, -0.15) is 0 Å². The summed E-state index contributed by atoms with van der Waals surface area (Å²) in [5.41, 5.74) is 0.147. The van der Waals surface area contributed by atoms with Crippen LogP contribution in [0.4, 0.5) is 0 Å². The van der Waals surface area contributed by atoms with E-state index >= 15 is 0 Å². The van der Waals surface area contributed by atoms with E-state index in [1.807, 2.05) is 0 Å². The Kier molecular flexibility index (Phi) is 10.3. The molecule has 0 amide bonds. The second-order valence-corrected chi connectivity index (χ2v) is 8.40. The normalized spacial score (nSPS) is 12.6. The van der Waals surface area contributed by atoms with E-state index in [0.717, 1.165) is 32.1 Å². The molecule has 0 aliphatic rings. The maximum Gasteiger partial charge on any atom is 0.330 e. The molecule has 0 radical (unpaired) electrons. The molecule has 0 fully saturated rings. The molecular weight excluding hydrogens is 356 g/mol. The maximum atomic E-state index is 12.3. The zero-order valence-corrected chi connectivity index (χ0v) is 18.5. The van der Waals surface area contributed by atoms with Gasteiger partial charge in [0, 0.05) is 24.8 Å². The van der Waals surface area contributed by atoms with Gasteiger partial charge < -0.3 is 9.30 Å². The lowest BCUT2D eigenvalue weighted by Crippen LogP contribution is -2.40. The van der Waals surface area contributed by atoms with Crippen LogP contribution >= 0.6 is 0 Å². The van der Waals surface area contributed by atoms with Crippen molar-refractivity contribution in [2.75, 3.05) is 6.61 Å². The lowest BCUT2D eigenvalue weighted by atomic mass is 9.88. The summed E-state index contributed by atoms with van der Waals surface area (Å²) in [6, 6.07) is 0. The number of carbonyl (C=O) groups is 1. The summed E-state index contributed by atoms with van der Waals surface area (Å²) in [7, 11) is 0. The molecule has 0 aliphatic heterocycles. The third-order valence-electron chi connectivity index (χ3n) is 5.10. The topological polar surface area (TPSA) is 70.3 Å². The molecule has 1 atom stereocenters. The highest BCUT2D eigenvalue weighted by Gasteiger charge is 2.24. The molecule has 0 aromatic carbocycles. The smallest absolute Gasteiger partial charge is 0.330 e. The molecule has 160 valence electrons. The number of carbonyl (C=O) groups excluding carboxylic acids is 1.